The molecule has 0 radical (unpaired) electrons. The first kappa shape index (κ1) is 16.8. The molecule has 0 atom stereocenters. The molecule has 24 heavy (non-hydrogen) atoms. The van der Waals surface area contributed by atoms with E-state index in [0.717, 1.165) is 12.8 Å². The average Bonchev–Trinajstić information content (AvgIpc) is 2.93. The van der Waals surface area contributed by atoms with Crippen molar-refractivity contribution >= 4 is 17.7 Å². The summed E-state index contributed by atoms with van der Waals surface area (Å²) >= 11 is 1.22. The molecule has 0 aliphatic heterocycles. The molecule has 1 heterocycles. The Morgan fingerprint density at radius 3 is 2.71 bits per heavy atom. The molecular weight excluding hydrogens is 324 g/mol. The smallest absolute Gasteiger partial charge is 0.341 e. The largest absolute Gasteiger partial charge is 0.354 e. The topological polar surface area (TPSA) is 90.6 Å². The fourth-order valence-corrected chi connectivity index (χ4v) is 3.66. The number of benzene rings is 1. The third-order valence-electron chi connectivity index (χ3n) is 4.87. The van der Waals surface area contributed by atoms with Gasteiger partial charge in [0.15, 0.2) is 5.16 Å². The zero-order valence-electron chi connectivity index (χ0n) is 13.9. The molecule has 1 aliphatic rings. The van der Waals surface area contributed by atoms with E-state index in [4.69, 9.17) is 0 Å². The summed E-state index contributed by atoms with van der Waals surface area (Å²) in [5.74, 6) is 0.197. The summed E-state index contributed by atoms with van der Waals surface area (Å²) in [6, 6.07) is 6.61. The quantitative estimate of drug-likeness (QED) is 0.698. The summed E-state index contributed by atoms with van der Waals surface area (Å²) in [6.45, 7) is 4.90. The number of aromatic nitrogens is 3. The molecule has 7 heteroatoms. The fraction of sp³-hybridized carbons (Fsp3) is 0.471. The van der Waals surface area contributed by atoms with Crippen molar-refractivity contribution in [2.75, 3.05) is 12.3 Å². The van der Waals surface area contributed by atoms with E-state index in [0.29, 0.717) is 11.7 Å². The third kappa shape index (κ3) is 3.56. The number of aromatic amines is 2. The molecule has 1 aliphatic carbocycles. The Morgan fingerprint density at radius 2 is 2.12 bits per heavy atom. The second-order valence-corrected chi connectivity index (χ2v) is 7.45. The van der Waals surface area contributed by atoms with Crippen LogP contribution in [0.1, 0.15) is 36.0 Å². The highest BCUT2D eigenvalue weighted by molar-refractivity contribution is 7.99. The van der Waals surface area contributed by atoms with Gasteiger partial charge in [0.2, 0.25) is 5.91 Å². The van der Waals surface area contributed by atoms with Crippen molar-refractivity contribution in [3.8, 4) is 0 Å². The molecule has 1 aromatic carbocycles. The lowest BCUT2D eigenvalue weighted by Gasteiger charge is -2.43. The molecule has 1 amide bonds. The van der Waals surface area contributed by atoms with E-state index in [1.165, 1.54) is 34.9 Å². The minimum absolute atomic E-state index is 0.0426. The predicted molar refractivity (Wildman–Crippen MR) is 94.4 cm³/mol. The first-order valence-corrected chi connectivity index (χ1v) is 9.09. The van der Waals surface area contributed by atoms with Crippen LogP contribution in [0, 0.1) is 13.8 Å². The Bertz CT molecular complexity index is 792. The Morgan fingerprint density at radius 1 is 1.33 bits per heavy atom. The van der Waals surface area contributed by atoms with Crippen molar-refractivity contribution in [2.24, 2.45) is 0 Å². The maximum absolute atomic E-state index is 12.1. The van der Waals surface area contributed by atoms with Crippen molar-refractivity contribution in [1.29, 1.82) is 0 Å². The molecule has 1 aromatic heterocycles. The van der Waals surface area contributed by atoms with E-state index < -0.39 is 0 Å². The normalized spacial score (nSPS) is 15.8. The first-order chi connectivity index (χ1) is 11.5. The van der Waals surface area contributed by atoms with Crippen molar-refractivity contribution in [3.05, 3.63) is 45.4 Å². The number of hydrogen-bond donors (Lipinski definition) is 3. The molecule has 128 valence electrons. The summed E-state index contributed by atoms with van der Waals surface area (Å²) < 4.78 is 0. The summed E-state index contributed by atoms with van der Waals surface area (Å²) in [4.78, 5) is 25.6. The van der Waals surface area contributed by atoms with Crippen molar-refractivity contribution in [2.45, 2.75) is 43.7 Å². The van der Waals surface area contributed by atoms with Gasteiger partial charge >= 0.3 is 5.69 Å². The minimum Gasteiger partial charge on any atom is -0.354 e. The maximum Gasteiger partial charge on any atom is 0.341 e. The zero-order valence-corrected chi connectivity index (χ0v) is 14.8. The monoisotopic (exact) mass is 346 g/mol. The molecule has 6 nitrogen and oxygen atoms in total. The third-order valence-corrected chi connectivity index (χ3v) is 5.75. The molecule has 1 fully saturated rings. The van der Waals surface area contributed by atoms with Gasteiger partial charge in [-0.15, -0.1) is 5.10 Å². The highest BCUT2D eigenvalue weighted by Crippen LogP contribution is 2.43. The van der Waals surface area contributed by atoms with Gasteiger partial charge in [-0.3, -0.25) is 9.78 Å². The molecule has 2 aromatic rings. The van der Waals surface area contributed by atoms with E-state index >= 15 is 0 Å². The van der Waals surface area contributed by atoms with E-state index in [9.17, 15) is 9.59 Å². The first-order valence-electron chi connectivity index (χ1n) is 8.10. The SMILES string of the molecule is Cc1ccc(C2(CNC(=O)CSc3n[nH]c(=O)[nH]3)CCC2)cc1C. The summed E-state index contributed by atoms with van der Waals surface area (Å²) in [6.07, 6.45) is 3.41. The van der Waals surface area contributed by atoms with Crippen LogP contribution in [0.15, 0.2) is 28.2 Å². The second kappa shape index (κ2) is 6.84. The maximum atomic E-state index is 12.1. The molecule has 0 unspecified atom stereocenters. The Kier molecular flexibility index (Phi) is 4.80. The lowest BCUT2D eigenvalue weighted by atomic mass is 9.64. The van der Waals surface area contributed by atoms with Gasteiger partial charge < -0.3 is 5.32 Å². The number of carbonyl (C=O) groups excluding carboxylic acids is 1. The highest BCUT2D eigenvalue weighted by atomic mass is 32.2. The van der Waals surface area contributed by atoms with Gasteiger partial charge in [-0.05, 0) is 43.4 Å². The van der Waals surface area contributed by atoms with Gasteiger partial charge in [0.25, 0.3) is 0 Å². The van der Waals surface area contributed by atoms with E-state index in [-0.39, 0.29) is 22.8 Å². The van der Waals surface area contributed by atoms with Crippen LogP contribution in [0.4, 0.5) is 0 Å². The Labute approximate surface area is 144 Å². The van der Waals surface area contributed by atoms with Gasteiger partial charge in [-0.2, -0.15) is 0 Å². The lowest BCUT2D eigenvalue weighted by Crippen LogP contribution is -2.46. The average molecular weight is 346 g/mol. The van der Waals surface area contributed by atoms with E-state index in [1.54, 1.807) is 0 Å². The van der Waals surface area contributed by atoms with Crippen molar-refractivity contribution < 1.29 is 4.79 Å². The van der Waals surface area contributed by atoms with E-state index in [1.807, 2.05) is 0 Å². The van der Waals surface area contributed by atoms with Crippen LogP contribution in [0.3, 0.4) is 0 Å². The molecule has 0 bridgehead atoms. The summed E-state index contributed by atoms with van der Waals surface area (Å²) in [5, 5.41) is 9.54. The van der Waals surface area contributed by atoms with Crippen LogP contribution < -0.4 is 11.0 Å². The second-order valence-electron chi connectivity index (χ2n) is 6.48. The number of amides is 1. The lowest BCUT2D eigenvalue weighted by molar-refractivity contribution is -0.119. The Hall–Kier alpha value is -2.02. The number of nitrogens with one attached hydrogen (secondary N) is 3. The number of hydrogen-bond acceptors (Lipinski definition) is 4. The number of carbonyl (C=O) groups is 1. The number of nitrogens with zero attached hydrogens (tertiary/aromatic N) is 1. The van der Waals surface area contributed by atoms with Crippen LogP contribution in [-0.2, 0) is 10.2 Å². The molecular formula is C17H22N4O2S. The van der Waals surface area contributed by atoms with Crippen LogP contribution in [0.5, 0.6) is 0 Å². The number of aryl methyl sites for hydroxylation is 2. The van der Waals surface area contributed by atoms with Crippen LogP contribution in [0.25, 0.3) is 0 Å². The standard InChI is InChI=1S/C17H22N4O2S/c1-11-4-5-13(8-12(11)2)17(6-3-7-17)10-18-14(22)9-24-16-19-15(23)20-21-16/h4-5,8H,3,6-7,9-10H2,1-2H3,(H,18,22)(H2,19,20,21,23). The molecule has 3 N–H and O–H groups in total. The predicted octanol–water partition coefficient (Wildman–Crippen LogP) is 2.05. The molecule has 3 rings (SSSR count). The summed E-state index contributed by atoms with van der Waals surface area (Å²) in [5.41, 5.74) is 3.62. The van der Waals surface area contributed by atoms with E-state index in [2.05, 4.69) is 52.5 Å². The van der Waals surface area contributed by atoms with Crippen LogP contribution >= 0.6 is 11.8 Å². The fourth-order valence-electron chi connectivity index (χ4n) is 3.02. The zero-order chi connectivity index (χ0) is 17.2. The molecule has 0 saturated heterocycles. The Balaban J connectivity index is 1.58. The minimum atomic E-state index is -0.360. The van der Waals surface area contributed by atoms with Crippen molar-refractivity contribution in [1.82, 2.24) is 20.5 Å². The van der Waals surface area contributed by atoms with Gasteiger partial charge in [0, 0.05) is 12.0 Å². The number of thioether (sulfide) groups is 1. The summed E-state index contributed by atoms with van der Waals surface area (Å²) in [7, 11) is 0. The number of rotatable bonds is 6. The van der Waals surface area contributed by atoms with Gasteiger partial charge in [-0.1, -0.05) is 36.4 Å². The van der Waals surface area contributed by atoms with Gasteiger partial charge in [0.05, 0.1) is 5.75 Å². The molecule has 1 saturated carbocycles. The van der Waals surface area contributed by atoms with Gasteiger partial charge in [0.1, 0.15) is 0 Å². The van der Waals surface area contributed by atoms with Crippen molar-refractivity contribution in [3.63, 3.8) is 0 Å². The highest BCUT2D eigenvalue weighted by Gasteiger charge is 2.38. The number of H-pyrrole nitrogens is 2. The molecule has 0 spiro atoms. The van der Waals surface area contributed by atoms with Crippen LogP contribution in [0.2, 0.25) is 0 Å². The van der Waals surface area contributed by atoms with Gasteiger partial charge in [-0.25, -0.2) is 9.89 Å². The van der Waals surface area contributed by atoms with Crippen LogP contribution in [-0.4, -0.2) is 33.4 Å².